The van der Waals surface area contributed by atoms with Gasteiger partial charge in [0, 0.05) is 27.6 Å². The molecule has 5 aromatic rings. The molecule has 0 atom stereocenters. The van der Waals surface area contributed by atoms with Crippen LogP contribution in [0.3, 0.4) is 0 Å². The number of aryl methyl sites for hydroxylation is 2. The summed E-state index contributed by atoms with van der Waals surface area (Å²) in [5.41, 5.74) is 8.45. The van der Waals surface area contributed by atoms with Crippen molar-refractivity contribution >= 4 is 58.2 Å². The van der Waals surface area contributed by atoms with Gasteiger partial charge < -0.3 is 19.2 Å². The van der Waals surface area contributed by atoms with E-state index in [1.807, 2.05) is 56.3 Å². The molecule has 9 nitrogen and oxygen atoms in total. The van der Waals surface area contributed by atoms with Crippen LogP contribution in [-0.2, 0) is 10.5 Å². The van der Waals surface area contributed by atoms with Gasteiger partial charge in [-0.2, -0.15) is 5.10 Å². The summed E-state index contributed by atoms with van der Waals surface area (Å²) >= 11 is 7.65. The molecule has 11 heteroatoms. The van der Waals surface area contributed by atoms with Gasteiger partial charge in [-0.15, -0.1) is 0 Å². The maximum atomic E-state index is 12.6. The summed E-state index contributed by atoms with van der Waals surface area (Å²) in [4.78, 5) is 29.5. The number of carbonyl (C=O) groups is 2. The molecule has 44 heavy (non-hydrogen) atoms. The van der Waals surface area contributed by atoms with Gasteiger partial charge in [-0.25, -0.2) is 10.4 Å². The molecule has 0 saturated carbocycles. The fourth-order valence-corrected chi connectivity index (χ4v) is 5.24. The average Bonchev–Trinajstić information content (AvgIpc) is 3.45. The van der Waals surface area contributed by atoms with E-state index in [2.05, 4.69) is 20.8 Å². The molecule has 0 radical (unpaired) electrons. The Balaban J connectivity index is 1.12. The molecule has 0 aliphatic carbocycles. The van der Waals surface area contributed by atoms with Crippen LogP contribution in [0.25, 0.3) is 11.1 Å². The highest BCUT2D eigenvalue weighted by Gasteiger charge is 2.11. The molecule has 0 spiro atoms. The van der Waals surface area contributed by atoms with Crippen LogP contribution in [0.4, 0.5) is 5.69 Å². The van der Waals surface area contributed by atoms with Crippen molar-refractivity contribution in [1.82, 2.24) is 10.4 Å². The van der Waals surface area contributed by atoms with E-state index in [0.29, 0.717) is 33.0 Å². The van der Waals surface area contributed by atoms with E-state index in [9.17, 15) is 9.59 Å². The maximum absolute atomic E-state index is 12.6. The van der Waals surface area contributed by atoms with Gasteiger partial charge in [-0.05, 0) is 97.3 Å². The van der Waals surface area contributed by atoms with Crippen molar-refractivity contribution in [2.75, 3.05) is 19.0 Å². The van der Waals surface area contributed by atoms with Crippen LogP contribution >= 0.6 is 23.4 Å². The molecule has 2 N–H and O–H groups in total. The number of fused-ring (bicyclic) bond motifs is 1. The number of amides is 2. The minimum atomic E-state index is -0.392. The summed E-state index contributed by atoms with van der Waals surface area (Å²) in [6, 6.07) is 23.3. The number of nitrogens with one attached hydrogen (secondary N) is 2. The van der Waals surface area contributed by atoms with Gasteiger partial charge in [0.2, 0.25) is 0 Å². The van der Waals surface area contributed by atoms with Crippen LogP contribution in [0.1, 0.15) is 32.6 Å². The molecular formula is C33H29ClN4O5S. The first-order valence-electron chi connectivity index (χ1n) is 13.6. The summed E-state index contributed by atoms with van der Waals surface area (Å²) < 4.78 is 16.9. The van der Waals surface area contributed by atoms with Gasteiger partial charge in [-0.3, -0.25) is 9.59 Å². The third-order valence-electron chi connectivity index (χ3n) is 6.52. The molecule has 4 aromatic carbocycles. The van der Waals surface area contributed by atoms with Gasteiger partial charge >= 0.3 is 0 Å². The van der Waals surface area contributed by atoms with E-state index in [0.717, 1.165) is 39.1 Å². The van der Waals surface area contributed by atoms with Crippen molar-refractivity contribution in [2.24, 2.45) is 5.10 Å². The van der Waals surface area contributed by atoms with Crippen molar-refractivity contribution in [3.63, 3.8) is 0 Å². The predicted molar refractivity (Wildman–Crippen MR) is 173 cm³/mol. The van der Waals surface area contributed by atoms with E-state index in [-0.39, 0.29) is 12.5 Å². The zero-order chi connectivity index (χ0) is 31.1. The molecule has 0 fully saturated rings. The first-order chi connectivity index (χ1) is 21.3. The number of ether oxygens (including phenoxy) is 2. The SMILES string of the molecule is COc1ccc(C=NNC(=O)c2ccc(NC(=O)COc3cc(C)c(Cl)c(C)c3)cc2)cc1CSc1nc2ccccc2o1. The molecule has 1 heterocycles. The number of thioether (sulfide) groups is 1. The van der Waals surface area contributed by atoms with E-state index >= 15 is 0 Å². The Bertz CT molecular complexity index is 1780. The number of hydrazone groups is 1. The number of methoxy groups -OCH3 is 1. The van der Waals surface area contributed by atoms with Gasteiger partial charge in [-0.1, -0.05) is 35.5 Å². The van der Waals surface area contributed by atoms with E-state index < -0.39 is 5.91 Å². The van der Waals surface area contributed by atoms with Crippen molar-refractivity contribution in [3.8, 4) is 11.5 Å². The van der Waals surface area contributed by atoms with Crippen molar-refractivity contribution < 1.29 is 23.5 Å². The number of oxazole rings is 1. The monoisotopic (exact) mass is 628 g/mol. The number of aromatic nitrogens is 1. The van der Waals surface area contributed by atoms with Crippen molar-refractivity contribution in [1.29, 1.82) is 0 Å². The zero-order valence-electron chi connectivity index (χ0n) is 24.2. The fraction of sp³-hybridized carbons (Fsp3) is 0.152. The molecule has 0 aliphatic heterocycles. The van der Waals surface area contributed by atoms with Crippen LogP contribution < -0.4 is 20.2 Å². The molecule has 0 bridgehead atoms. The lowest BCUT2D eigenvalue weighted by Crippen LogP contribution is -2.20. The quantitative estimate of drug-likeness (QED) is 0.0904. The number of anilines is 1. The number of nitrogens with zero attached hydrogens (tertiary/aromatic N) is 2. The second-order valence-electron chi connectivity index (χ2n) is 9.79. The number of para-hydroxylation sites is 2. The summed E-state index contributed by atoms with van der Waals surface area (Å²) in [7, 11) is 1.62. The van der Waals surface area contributed by atoms with E-state index in [1.165, 1.54) is 11.8 Å². The lowest BCUT2D eigenvalue weighted by Gasteiger charge is -2.10. The number of hydrogen-bond acceptors (Lipinski definition) is 8. The standard InChI is InChI=1S/C33H29ClN4O5S/c1-20-14-26(15-21(2)31(20)34)42-18-30(39)36-25-11-9-23(10-12-25)32(40)38-35-17-22-8-13-28(41-3)24(16-22)19-44-33-37-27-6-4-5-7-29(27)43-33/h4-17H,18-19H2,1-3H3,(H,36,39)(H,38,40). The predicted octanol–water partition coefficient (Wildman–Crippen LogP) is 7.18. The number of rotatable bonds is 11. The highest BCUT2D eigenvalue weighted by atomic mass is 35.5. The molecule has 0 unspecified atom stereocenters. The Morgan fingerprint density at radius 2 is 1.77 bits per heavy atom. The van der Waals surface area contributed by atoms with Crippen LogP contribution in [0.5, 0.6) is 11.5 Å². The van der Waals surface area contributed by atoms with Crippen LogP contribution in [0.2, 0.25) is 5.02 Å². The Hall–Kier alpha value is -4.80. The first kappa shape index (κ1) is 30.7. The number of benzene rings is 4. The van der Waals surface area contributed by atoms with Gasteiger partial charge in [0.15, 0.2) is 12.2 Å². The molecule has 2 amide bonds. The molecule has 0 saturated heterocycles. The largest absolute Gasteiger partial charge is 0.496 e. The molecule has 224 valence electrons. The third kappa shape index (κ3) is 7.77. The molecule has 0 aliphatic rings. The molecule has 1 aromatic heterocycles. The minimum absolute atomic E-state index is 0.167. The summed E-state index contributed by atoms with van der Waals surface area (Å²) in [6.07, 6.45) is 1.56. The normalized spacial score (nSPS) is 11.1. The Morgan fingerprint density at radius 3 is 2.50 bits per heavy atom. The Morgan fingerprint density at radius 1 is 1.02 bits per heavy atom. The first-order valence-corrected chi connectivity index (χ1v) is 14.9. The minimum Gasteiger partial charge on any atom is -0.496 e. The van der Waals surface area contributed by atoms with E-state index in [4.69, 9.17) is 25.5 Å². The summed E-state index contributed by atoms with van der Waals surface area (Å²) in [6.45, 7) is 3.59. The van der Waals surface area contributed by atoms with Crippen LogP contribution in [-0.4, -0.2) is 36.7 Å². The van der Waals surface area contributed by atoms with Gasteiger partial charge in [0.25, 0.3) is 17.0 Å². The maximum Gasteiger partial charge on any atom is 0.271 e. The van der Waals surface area contributed by atoms with Gasteiger partial charge in [0.1, 0.15) is 17.0 Å². The second-order valence-corrected chi connectivity index (χ2v) is 11.1. The molecular weight excluding hydrogens is 600 g/mol. The van der Waals surface area contributed by atoms with Gasteiger partial charge in [0.05, 0.1) is 13.3 Å². The topological polar surface area (TPSA) is 115 Å². The van der Waals surface area contributed by atoms with E-state index in [1.54, 1.807) is 49.7 Å². The average molecular weight is 629 g/mol. The Labute approximate surface area is 263 Å². The second kappa shape index (κ2) is 14.1. The highest BCUT2D eigenvalue weighted by molar-refractivity contribution is 7.98. The fourth-order valence-electron chi connectivity index (χ4n) is 4.31. The number of carbonyl (C=O) groups excluding carboxylic acids is 2. The summed E-state index contributed by atoms with van der Waals surface area (Å²) in [5, 5.41) is 8.10. The van der Waals surface area contributed by atoms with Crippen LogP contribution in [0, 0.1) is 13.8 Å². The van der Waals surface area contributed by atoms with Crippen molar-refractivity contribution in [3.05, 3.63) is 112 Å². The van der Waals surface area contributed by atoms with Crippen molar-refractivity contribution in [2.45, 2.75) is 24.8 Å². The number of halogens is 1. The Kier molecular flexibility index (Phi) is 9.83. The smallest absolute Gasteiger partial charge is 0.271 e. The van der Waals surface area contributed by atoms with Crippen LogP contribution in [0.15, 0.2) is 93.6 Å². The zero-order valence-corrected chi connectivity index (χ0v) is 25.8. The highest BCUT2D eigenvalue weighted by Crippen LogP contribution is 2.30. The number of hydrogen-bond donors (Lipinski definition) is 2. The lowest BCUT2D eigenvalue weighted by molar-refractivity contribution is -0.118. The summed E-state index contributed by atoms with van der Waals surface area (Å²) in [5.74, 6) is 1.14. The lowest BCUT2D eigenvalue weighted by atomic mass is 10.1. The molecule has 5 rings (SSSR count). The third-order valence-corrected chi connectivity index (χ3v) is 7.99.